The van der Waals surface area contributed by atoms with E-state index in [4.69, 9.17) is 10.5 Å². The number of nitrogens with two attached hydrogens (primary N) is 1. The van der Waals surface area contributed by atoms with E-state index in [2.05, 4.69) is 21.2 Å². The van der Waals surface area contributed by atoms with Gasteiger partial charge in [-0.3, -0.25) is 0 Å². The van der Waals surface area contributed by atoms with Crippen LogP contribution in [-0.4, -0.2) is 7.11 Å². The third-order valence-electron chi connectivity index (χ3n) is 2.45. The van der Waals surface area contributed by atoms with Crippen LogP contribution in [-0.2, 0) is 0 Å². The first-order valence-corrected chi connectivity index (χ1v) is 6.15. The molecule has 0 aliphatic rings. The summed E-state index contributed by atoms with van der Waals surface area (Å²) >= 11 is 3.01. The highest BCUT2D eigenvalue weighted by molar-refractivity contribution is 9.10. The van der Waals surface area contributed by atoms with Gasteiger partial charge in [0.2, 0.25) is 0 Å². The molecule has 6 heteroatoms. The molecular formula is C13H11BrF2N2O. The molecule has 2 aromatic carbocycles. The largest absolute Gasteiger partial charge is 0.497 e. The van der Waals surface area contributed by atoms with Crippen molar-refractivity contribution in [3.8, 4) is 5.75 Å². The van der Waals surface area contributed by atoms with Crippen LogP contribution in [0.3, 0.4) is 0 Å². The van der Waals surface area contributed by atoms with Crippen LogP contribution in [0.4, 0.5) is 25.8 Å². The van der Waals surface area contributed by atoms with E-state index in [0.29, 0.717) is 17.1 Å². The van der Waals surface area contributed by atoms with Crippen molar-refractivity contribution >= 4 is 33.0 Å². The van der Waals surface area contributed by atoms with Crippen LogP contribution in [0.2, 0.25) is 0 Å². The van der Waals surface area contributed by atoms with Crippen LogP contribution in [0.25, 0.3) is 0 Å². The van der Waals surface area contributed by atoms with Crippen LogP contribution in [0.5, 0.6) is 5.75 Å². The fourth-order valence-electron chi connectivity index (χ4n) is 1.59. The number of hydrogen-bond acceptors (Lipinski definition) is 3. The number of methoxy groups -OCH3 is 1. The van der Waals surface area contributed by atoms with Gasteiger partial charge in [-0.2, -0.15) is 0 Å². The van der Waals surface area contributed by atoms with Crippen molar-refractivity contribution in [1.29, 1.82) is 0 Å². The molecule has 100 valence electrons. The number of rotatable bonds is 3. The lowest BCUT2D eigenvalue weighted by atomic mass is 10.2. The van der Waals surface area contributed by atoms with E-state index in [1.54, 1.807) is 18.2 Å². The zero-order valence-corrected chi connectivity index (χ0v) is 11.6. The maximum absolute atomic E-state index is 13.6. The van der Waals surface area contributed by atoms with E-state index in [9.17, 15) is 8.78 Å². The average molecular weight is 329 g/mol. The molecule has 0 unspecified atom stereocenters. The predicted molar refractivity (Wildman–Crippen MR) is 74.7 cm³/mol. The molecule has 0 saturated heterocycles. The van der Waals surface area contributed by atoms with Crippen LogP contribution in [0.15, 0.2) is 34.8 Å². The second kappa shape index (κ2) is 5.44. The SMILES string of the molecule is COc1cc(N)cc(Nc2cc(Br)c(F)cc2F)c1. The van der Waals surface area contributed by atoms with Crippen LogP contribution >= 0.6 is 15.9 Å². The molecule has 2 aromatic rings. The molecule has 2 rings (SSSR count). The third-order valence-corrected chi connectivity index (χ3v) is 3.06. The van der Waals surface area contributed by atoms with Gasteiger partial charge in [-0.25, -0.2) is 8.78 Å². The number of nitrogens with one attached hydrogen (secondary N) is 1. The van der Waals surface area contributed by atoms with E-state index >= 15 is 0 Å². The number of nitrogen functional groups attached to an aromatic ring is 1. The monoisotopic (exact) mass is 328 g/mol. The molecule has 19 heavy (non-hydrogen) atoms. The second-order valence-electron chi connectivity index (χ2n) is 3.87. The van der Waals surface area contributed by atoms with Crippen molar-refractivity contribution in [2.45, 2.75) is 0 Å². The predicted octanol–water partition coefficient (Wildman–Crippen LogP) is 4.06. The van der Waals surface area contributed by atoms with E-state index in [0.717, 1.165) is 6.07 Å². The molecule has 0 saturated carbocycles. The average Bonchev–Trinajstić information content (AvgIpc) is 2.35. The summed E-state index contributed by atoms with van der Waals surface area (Å²) in [5.74, 6) is -0.806. The number of benzene rings is 2. The molecule has 0 amide bonds. The maximum atomic E-state index is 13.6. The molecule has 3 N–H and O–H groups in total. The van der Waals surface area contributed by atoms with Gasteiger partial charge in [0, 0.05) is 29.6 Å². The van der Waals surface area contributed by atoms with Crippen LogP contribution in [0.1, 0.15) is 0 Å². The zero-order chi connectivity index (χ0) is 14.0. The topological polar surface area (TPSA) is 47.3 Å². The lowest BCUT2D eigenvalue weighted by Gasteiger charge is -2.11. The Balaban J connectivity index is 2.36. The smallest absolute Gasteiger partial charge is 0.149 e. The first-order valence-electron chi connectivity index (χ1n) is 5.35. The second-order valence-corrected chi connectivity index (χ2v) is 4.72. The van der Waals surface area contributed by atoms with Gasteiger partial charge in [0.25, 0.3) is 0 Å². The van der Waals surface area contributed by atoms with Crippen LogP contribution in [0, 0.1) is 11.6 Å². The third kappa shape index (κ3) is 3.14. The van der Waals surface area contributed by atoms with E-state index < -0.39 is 11.6 Å². The standard InChI is InChI=1S/C13H11BrF2N2O/c1-19-9-3-7(17)2-8(4-9)18-13-5-10(14)11(15)6-12(13)16/h2-6,18H,17H2,1H3. The van der Waals surface area contributed by atoms with Crippen molar-refractivity contribution in [1.82, 2.24) is 0 Å². The molecule has 0 fully saturated rings. The van der Waals surface area contributed by atoms with Gasteiger partial charge in [-0.05, 0) is 28.1 Å². The Morgan fingerprint density at radius 2 is 1.84 bits per heavy atom. The molecular weight excluding hydrogens is 318 g/mol. The minimum atomic E-state index is -0.693. The fraction of sp³-hybridized carbons (Fsp3) is 0.0769. The van der Waals surface area contributed by atoms with Gasteiger partial charge in [0.15, 0.2) is 0 Å². The molecule has 0 radical (unpaired) electrons. The number of anilines is 3. The first kappa shape index (κ1) is 13.6. The summed E-state index contributed by atoms with van der Waals surface area (Å²) in [6.07, 6.45) is 0. The van der Waals surface area contributed by atoms with Gasteiger partial charge >= 0.3 is 0 Å². The molecule has 0 heterocycles. The van der Waals surface area contributed by atoms with Crippen molar-refractivity contribution in [3.05, 3.63) is 46.4 Å². The molecule has 0 spiro atoms. The fourth-order valence-corrected chi connectivity index (χ4v) is 1.93. The van der Waals surface area contributed by atoms with E-state index in [-0.39, 0.29) is 10.2 Å². The van der Waals surface area contributed by atoms with E-state index in [1.165, 1.54) is 13.2 Å². The Bertz CT molecular complexity index is 620. The lowest BCUT2D eigenvalue weighted by Crippen LogP contribution is -1.97. The van der Waals surface area contributed by atoms with Gasteiger partial charge < -0.3 is 15.8 Å². The summed E-state index contributed by atoms with van der Waals surface area (Å²) in [7, 11) is 1.51. The number of hydrogen-bond donors (Lipinski definition) is 2. The molecule has 0 atom stereocenters. The van der Waals surface area contributed by atoms with Crippen molar-refractivity contribution in [3.63, 3.8) is 0 Å². The van der Waals surface area contributed by atoms with E-state index in [1.807, 2.05) is 0 Å². The summed E-state index contributed by atoms with van der Waals surface area (Å²) in [5.41, 5.74) is 6.86. The minimum absolute atomic E-state index is 0.140. The Hall–Kier alpha value is -1.82. The first-order chi connectivity index (χ1) is 8.99. The summed E-state index contributed by atoms with van der Waals surface area (Å²) in [4.78, 5) is 0. The van der Waals surface area contributed by atoms with Gasteiger partial charge in [-0.15, -0.1) is 0 Å². The van der Waals surface area contributed by atoms with Gasteiger partial charge in [0.1, 0.15) is 17.4 Å². The Kier molecular flexibility index (Phi) is 3.90. The Labute approximate surface area is 117 Å². The number of halogens is 3. The maximum Gasteiger partial charge on any atom is 0.149 e. The molecule has 0 aromatic heterocycles. The molecule has 3 nitrogen and oxygen atoms in total. The minimum Gasteiger partial charge on any atom is -0.497 e. The molecule has 0 aliphatic heterocycles. The lowest BCUT2D eigenvalue weighted by molar-refractivity contribution is 0.415. The van der Waals surface area contributed by atoms with Gasteiger partial charge in [0.05, 0.1) is 17.3 Å². The summed E-state index contributed by atoms with van der Waals surface area (Å²) in [6, 6.07) is 7.05. The highest BCUT2D eigenvalue weighted by atomic mass is 79.9. The van der Waals surface area contributed by atoms with Crippen molar-refractivity contribution in [2.75, 3.05) is 18.2 Å². The summed E-state index contributed by atoms with van der Waals surface area (Å²) in [5, 5.41) is 2.82. The number of ether oxygens (including phenoxy) is 1. The molecule has 0 bridgehead atoms. The van der Waals surface area contributed by atoms with Crippen molar-refractivity contribution in [2.24, 2.45) is 0 Å². The highest BCUT2D eigenvalue weighted by Gasteiger charge is 2.09. The molecule has 0 aliphatic carbocycles. The summed E-state index contributed by atoms with van der Waals surface area (Å²) in [6.45, 7) is 0. The Morgan fingerprint density at radius 1 is 1.11 bits per heavy atom. The summed E-state index contributed by atoms with van der Waals surface area (Å²) < 4.78 is 32.0. The normalized spacial score (nSPS) is 10.3. The van der Waals surface area contributed by atoms with Crippen LogP contribution < -0.4 is 15.8 Å². The highest BCUT2D eigenvalue weighted by Crippen LogP contribution is 2.29. The quantitative estimate of drug-likeness (QED) is 0.659. The Morgan fingerprint density at radius 3 is 2.53 bits per heavy atom. The zero-order valence-electron chi connectivity index (χ0n) is 10.0. The van der Waals surface area contributed by atoms with Crippen molar-refractivity contribution < 1.29 is 13.5 Å². The van der Waals surface area contributed by atoms with Gasteiger partial charge in [-0.1, -0.05) is 0 Å².